The predicted molar refractivity (Wildman–Crippen MR) is 70.4 cm³/mol. The fourth-order valence-corrected chi connectivity index (χ4v) is 1.60. The normalized spacial score (nSPS) is 10.1. The van der Waals surface area contributed by atoms with Gasteiger partial charge in [-0.3, -0.25) is 14.7 Å². The quantitative estimate of drug-likeness (QED) is 0.869. The van der Waals surface area contributed by atoms with Gasteiger partial charge in [0.25, 0.3) is 5.91 Å². The van der Waals surface area contributed by atoms with Crippen molar-refractivity contribution in [3.05, 3.63) is 47.9 Å². The maximum atomic E-state index is 12.3. The van der Waals surface area contributed by atoms with Crippen molar-refractivity contribution in [2.24, 2.45) is 0 Å². The first-order valence-electron chi connectivity index (χ1n) is 5.51. The van der Waals surface area contributed by atoms with E-state index >= 15 is 0 Å². The Labute approximate surface area is 105 Å². The van der Waals surface area contributed by atoms with Gasteiger partial charge >= 0.3 is 0 Å². The third-order valence-corrected chi connectivity index (χ3v) is 2.64. The first-order valence-corrected chi connectivity index (χ1v) is 5.51. The molecule has 0 aliphatic rings. The minimum atomic E-state index is -0.175. The molecule has 0 fully saturated rings. The van der Waals surface area contributed by atoms with Crippen molar-refractivity contribution in [3.63, 3.8) is 0 Å². The first-order chi connectivity index (χ1) is 8.59. The molecule has 0 atom stereocenters. The Bertz CT molecular complexity index is 568. The van der Waals surface area contributed by atoms with Gasteiger partial charge in [-0.25, -0.2) is 4.98 Å². The Morgan fingerprint density at radius 3 is 2.78 bits per heavy atom. The number of rotatable bonds is 2. The molecule has 2 aromatic heterocycles. The summed E-state index contributed by atoms with van der Waals surface area (Å²) in [6.07, 6.45) is 3.18. The number of aromatic nitrogens is 2. The number of amides is 1. The second kappa shape index (κ2) is 4.83. The van der Waals surface area contributed by atoms with Gasteiger partial charge in [-0.05, 0) is 25.1 Å². The molecular formula is C13H14N4O. The van der Waals surface area contributed by atoms with Gasteiger partial charge in [-0.1, -0.05) is 6.07 Å². The summed E-state index contributed by atoms with van der Waals surface area (Å²) in [5.74, 6) is 0.412. The minimum Gasteiger partial charge on any atom is -0.397 e. The van der Waals surface area contributed by atoms with E-state index in [4.69, 9.17) is 5.73 Å². The summed E-state index contributed by atoms with van der Waals surface area (Å²) in [5.41, 5.74) is 7.26. The van der Waals surface area contributed by atoms with Gasteiger partial charge in [-0.15, -0.1) is 0 Å². The third kappa shape index (κ3) is 2.29. The maximum absolute atomic E-state index is 12.3. The fourth-order valence-electron chi connectivity index (χ4n) is 1.60. The van der Waals surface area contributed by atoms with Crippen LogP contribution in [0.15, 0.2) is 36.7 Å². The molecule has 2 heterocycles. The van der Waals surface area contributed by atoms with Crippen LogP contribution in [0.5, 0.6) is 0 Å². The first kappa shape index (κ1) is 12.0. The maximum Gasteiger partial charge on any atom is 0.261 e. The van der Waals surface area contributed by atoms with E-state index in [1.54, 1.807) is 38.4 Å². The van der Waals surface area contributed by atoms with Crippen molar-refractivity contribution < 1.29 is 4.79 Å². The Hall–Kier alpha value is -2.43. The topological polar surface area (TPSA) is 72.1 Å². The van der Waals surface area contributed by atoms with Crippen LogP contribution in [0.3, 0.4) is 0 Å². The van der Waals surface area contributed by atoms with Gasteiger partial charge in [0.2, 0.25) is 0 Å². The molecule has 5 nitrogen and oxygen atoms in total. The van der Waals surface area contributed by atoms with Crippen molar-refractivity contribution in [1.82, 2.24) is 9.97 Å². The Morgan fingerprint density at radius 2 is 2.11 bits per heavy atom. The smallest absolute Gasteiger partial charge is 0.261 e. The van der Waals surface area contributed by atoms with E-state index in [2.05, 4.69) is 9.97 Å². The van der Waals surface area contributed by atoms with E-state index in [9.17, 15) is 4.79 Å². The van der Waals surface area contributed by atoms with Gasteiger partial charge in [0, 0.05) is 13.2 Å². The molecule has 0 aromatic carbocycles. The largest absolute Gasteiger partial charge is 0.397 e. The molecule has 2 rings (SSSR count). The van der Waals surface area contributed by atoms with Crippen LogP contribution >= 0.6 is 0 Å². The molecule has 0 spiro atoms. The van der Waals surface area contributed by atoms with Crippen molar-refractivity contribution >= 4 is 17.4 Å². The fraction of sp³-hybridized carbons (Fsp3) is 0.154. The lowest BCUT2D eigenvalue weighted by Crippen LogP contribution is -2.28. The van der Waals surface area contributed by atoms with Crippen LogP contribution in [0.2, 0.25) is 0 Å². The van der Waals surface area contributed by atoms with Crippen LogP contribution in [0, 0.1) is 6.92 Å². The second-order valence-electron chi connectivity index (χ2n) is 3.95. The number of anilines is 2. The highest BCUT2D eigenvalue weighted by molar-refractivity contribution is 6.06. The number of nitrogens with zero attached hydrogens (tertiary/aromatic N) is 3. The monoisotopic (exact) mass is 242 g/mol. The average molecular weight is 242 g/mol. The molecule has 18 heavy (non-hydrogen) atoms. The van der Waals surface area contributed by atoms with E-state index in [0.29, 0.717) is 22.8 Å². The molecule has 2 aromatic rings. The Morgan fingerprint density at radius 1 is 1.33 bits per heavy atom. The van der Waals surface area contributed by atoms with Gasteiger partial charge in [0.1, 0.15) is 5.82 Å². The van der Waals surface area contributed by atoms with Crippen molar-refractivity contribution in [3.8, 4) is 0 Å². The summed E-state index contributed by atoms with van der Waals surface area (Å²) in [6, 6.07) is 7.03. The number of carbonyl (C=O) groups is 1. The lowest BCUT2D eigenvalue weighted by atomic mass is 10.1. The van der Waals surface area contributed by atoms with E-state index in [1.165, 1.54) is 11.1 Å². The van der Waals surface area contributed by atoms with Crippen LogP contribution in [-0.4, -0.2) is 22.9 Å². The van der Waals surface area contributed by atoms with Crippen molar-refractivity contribution in [2.45, 2.75) is 6.92 Å². The lowest BCUT2D eigenvalue weighted by molar-refractivity contribution is 0.0991. The summed E-state index contributed by atoms with van der Waals surface area (Å²) in [6.45, 7) is 1.78. The molecule has 0 unspecified atom stereocenters. The van der Waals surface area contributed by atoms with Gasteiger partial charge in [0.15, 0.2) is 0 Å². The summed E-state index contributed by atoms with van der Waals surface area (Å²) >= 11 is 0. The number of nitrogens with two attached hydrogens (primary N) is 1. The van der Waals surface area contributed by atoms with Crippen LogP contribution in [-0.2, 0) is 0 Å². The zero-order valence-corrected chi connectivity index (χ0v) is 10.3. The predicted octanol–water partition coefficient (Wildman–Crippen LogP) is 1.64. The summed E-state index contributed by atoms with van der Waals surface area (Å²) < 4.78 is 0. The molecule has 2 N–H and O–H groups in total. The Kier molecular flexibility index (Phi) is 3.23. The van der Waals surface area contributed by atoms with Crippen LogP contribution in [0.25, 0.3) is 0 Å². The molecule has 1 amide bonds. The van der Waals surface area contributed by atoms with Gasteiger partial charge in [0.05, 0.1) is 23.1 Å². The Balaban J connectivity index is 2.34. The summed E-state index contributed by atoms with van der Waals surface area (Å²) in [7, 11) is 1.67. The minimum absolute atomic E-state index is 0.175. The van der Waals surface area contributed by atoms with Crippen LogP contribution in [0.1, 0.15) is 16.1 Å². The van der Waals surface area contributed by atoms with Crippen molar-refractivity contribution in [1.29, 1.82) is 0 Å². The molecule has 0 aliphatic carbocycles. The molecule has 0 bridgehead atoms. The number of aryl methyl sites for hydroxylation is 1. The highest BCUT2D eigenvalue weighted by atomic mass is 16.2. The highest BCUT2D eigenvalue weighted by Gasteiger charge is 2.17. The number of hydrogen-bond donors (Lipinski definition) is 1. The molecule has 92 valence electrons. The molecule has 0 saturated heterocycles. The second-order valence-corrected chi connectivity index (χ2v) is 3.95. The standard InChI is InChI=1S/C13H14N4O/c1-9-11(7-10(14)8-16-9)13(18)17(2)12-5-3-4-6-15-12/h3-8H,14H2,1-2H3. The van der Waals surface area contributed by atoms with E-state index in [0.717, 1.165) is 0 Å². The lowest BCUT2D eigenvalue weighted by Gasteiger charge is -2.17. The van der Waals surface area contributed by atoms with E-state index < -0.39 is 0 Å². The summed E-state index contributed by atoms with van der Waals surface area (Å²) in [5, 5.41) is 0. The number of hydrogen-bond acceptors (Lipinski definition) is 4. The zero-order chi connectivity index (χ0) is 13.1. The third-order valence-electron chi connectivity index (χ3n) is 2.64. The SMILES string of the molecule is Cc1ncc(N)cc1C(=O)N(C)c1ccccn1. The molecule has 0 saturated carbocycles. The van der Waals surface area contributed by atoms with E-state index in [1.807, 2.05) is 6.07 Å². The molecule has 0 aliphatic heterocycles. The van der Waals surface area contributed by atoms with Crippen molar-refractivity contribution in [2.75, 3.05) is 17.7 Å². The number of carbonyl (C=O) groups excluding carboxylic acids is 1. The number of nitrogen functional groups attached to an aromatic ring is 1. The van der Waals surface area contributed by atoms with Crippen LogP contribution in [0.4, 0.5) is 11.5 Å². The van der Waals surface area contributed by atoms with Crippen LogP contribution < -0.4 is 10.6 Å². The van der Waals surface area contributed by atoms with Gasteiger partial charge < -0.3 is 5.73 Å². The molecule has 0 radical (unpaired) electrons. The molecular weight excluding hydrogens is 228 g/mol. The average Bonchev–Trinajstić information content (AvgIpc) is 2.41. The number of pyridine rings is 2. The van der Waals surface area contributed by atoms with E-state index in [-0.39, 0.29) is 5.91 Å². The summed E-state index contributed by atoms with van der Waals surface area (Å²) in [4.78, 5) is 22.0. The zero-order valence-electron chi connectivity index (χ0n) is 10.3. The van der Waals surface area contributed by atoms with Gasteiger partial charge in [-0.2, -0.15) is 0 Å². The molecule has 5 heteroatoms. The highest BCUT2D eigenvalue weighted by Crippen LogP contribution is 2.15.